The van der Waals surface area contributed by atoms with Gasteiger partial charge in [-0.1, -0.05) is 0 Å². The molecule has 1 saturated heterocycles. The van der Waals surface area contributed by atoms with E-state index in [9.17, 15) is 17.6 Å². The second-order valence-electron chi connectivity index (χ2n) is 4.58. The molecule has 1 aliphatic rings. The number of rotatable bonds is 4. The van der Waals surface area contributed by atoms with Crippen LogP contribution in [-0.4, -0.2) is 37.8 Å². The molecule has 0 saturated carbocycles. The number of alkyl halides is 1. The van der Waals surface area contributed by atoms with E-state index in [4.69, 9.17) is 0 Å². The number of halogens is 4. The highest BCUT2D eigenvalue weighted by molar-refractivity contribution is 5.23. The highest BCUT2D eigenvalue weighted by Gasteiger charge is 2.24. The second-order valence-corrected chi connectivity index (χ2v) is 4.58. The Balaban J connectivity index is 2.27. The molecule has 1 heterocycles. The fraction of sp³-hybridized carbons (Fsp3) is 0.538. The van der Waals surface area contributed by atoms with Crippen LogP contribution >= 0.6 is 0 Å². The Morgan fingerprint density at radius 2 is 1.68 bits per heavy atom. The van der Waals surface area contributed by atoms with Crippen LogP contribution in [0.5, 0.6) is 0 Å². The van der Waals surface area contributed by atoms with E-state index in [1.807, 2.05) is 4.90 Å². The summed E-state index contributed by atoms with van der Waals surface area (Å²) in [6, 6.07) is 1.50. The van der Waals surface area contributed by atoms with Gasteiger partial charge in [0.2, 0.25) is 0 Å². The molecule has 0 aromatic heterocycles. The summed E-state index contributed by atoms with van der Waals surface area (Å²) in [6.07, 6.45) is 0.143. The van der Waals surface area contributed by atoms with Crippen LogP contribution in [0.1, 0.15) is 18.0 Å². The van der Waals surface area contributed by atoms with Crippen molar-refractivity contribution in [2.75, 3.05) is 32.9 Å². The van der Waals surface area contributed by atoms with Crippen LogP contribution in [0, 0.1) is 17.5 Å². The lowest BCUT2D eigenvalue weighted by Crippen LogP contribution is -2.45. The zero-order chi connectivity index (χ0) is 13.8. The predicted molar refractivity (Wildman–Crippen MR) is 64.1 cm³/mol. The quantitative estimate of drug-likeness (QED) is 0.671. The first-order valence-corrected chi connectivity index (χ1v) is 6.28. The summed E-state index contributed by atoms with van der Waals surface area (Å²) in [6.45, 7) is 2.25. The molecule has 0 radical (unpaired) electrons. The summed E-state index contributed by atoms with van der Waals surface area (Å²) in [7, 11) is 0. The van der Waals surface area contributed by atoms with E-state index in [0.717, 1.165) is 25.2 Å². The standard InChI is InChI=1S/C13H16F4N2/c14-2-1-12(19-5-3-18-4-6-19)9-7-10(15)13(17)11(16)8-9/h7-8,12,18H,1-6H2/t12-/m0/s1. The van der Waals surface area contributed by atoms with Crippen molar-refractivity contribution in [2.45, 2.75) is 12.5 Å². The Hall–Kier alpha value is -1.14. The van der Waals surface area contributed by atoms with E-state index in [1.165, 1.54) is 0 Å². The Bertz CT molecular complexity index is 410. The summed E-state index contributed by atoms with van der Waals surface area (Å²) in [4.78, 5) is 1.96. The van der Waals surface area contributed by atoms with Crippen molar-refractivity contribution >= 4 is 0 Å². The fourth-order valence-corrected chi connectivity index (χ4v) is 2.42. The average molecular weight is 276 g/mol. The number of nitrogens with one attached hydrogen (secondary N) is 1. The van der Waals surface area contributed by atoms with Crippen molar-refractivity contribution in [2.24, 2.45) is 0 Å². The van der Waals surface area contributed by atoms with Crippen molar-refractivity contribution in [3.05, 3.63) is 35.1 Å². The molecule has 0 aliphatic carbocycles. The van der Waals surface area contributed by atoms with Crippen molar-refractivity contribution in [1.82, 2.24) is 10.2 Å². The van der Waals surface area contributed by atoms with E-state index in [-0.39, 0.29) is 12.0 Å². The number of hydrogen-bond acceptors (Lipinski definition) is 2. The fourth-order valence-electron chi connectivity index (χ4n) is 2.42. The van der Waals surface area contributed by atoms with Gasteiger partial charge < -0.3 is 5.32 Å². The van der Waals surface area contributed by atoms with Crippen molar-refractivity contribution in [3.63, 3.8) is 0 Å². The molecular weight excluding hydrogens is 260 g/mol. The highest BCUT2D eigenvalue weighted by atomic mass is 19.2. The molecule has 0 amide bonds. The van der Waals surface area contributed by atoms with Gasteiger partial charge in [0.1, 0.15) is 0 Å². The van der Waals surface area contributed by atoms with Crippen LogP contribution in [0.4, 0.5) is 17.6 Å². The van der Waals surface area contributed by atoms with Gasteiger partial charge in [-0.05, 0) is 24.1 Å². The van der Waals surface area contributed by atoms with Crippen LogP contribution < -0.4 is 5.32 Å². The summed E-state index contributed by atoms with van der Waals surface area (Å²) in [5.74, 6) is -3.94. The third-order valence-corrected chi connectivity index (χ3v) is 3.37. The van der Waals surface area contributed by atoms with Gasteiger partial charge in [0, 0.05) is 32.2 Å². The Kier molecular flexibility index (Phi) is 4.76. The van der Waals surface area contributed by atoms with Crippen molar-refractivity contribution in [3.8, 4) is 0 Å². The summed E-state index contributed by atoms with van der Waals surface area (Å²) in [5, 5.41) is 3.15. The van der Waals surface area contributed by atoms with Crippen LogP contribution in [0.2, 0.25) is 0 Å². The number of nitrogens with zero attached hydrogens (tertiary/aromatic N) is 1. The molecule has 0 unspecified atom stereocenters. The predicted octanol–water partition coefficient (Wildman–Crippen LogP) is 2.41. The number of piperazine rings is 1. The molecule has 1 aromatic rings. The molecule has 2 rings (SSSR count). The second kappa shape index (κ2) is 6.34. The Labute approximate surface area is 109 Å². The highest BCUT2D eigenvalue weighted by Crippen LogP contribution is 2.27. The minimum absolute atomic E-state index is 0.143. The molecule has 1 aliphatic heterocycles. The molecule has 6 heteroatoms. The zero-order valence-electron chi connectivity index (χ0n) is 10.4. The van der Waals surface area contributed by atoms with Gasteiger partial charge in [0.05, 0.1) is 6.67 Å². The van der Waals surface area contributed by atoms with Crippen LogP contribution in [0.3, 0.4) is 0 Å². The zero-order valence-corrected chi connectivity index (χ0v) is 10.4. The van der Waals surface area contributed by atoms with Crippen LogP contribution in [-0.2, 0) is 0 Å². The van der Waals surface area contributed by atoms with Gasteiger partial charge in [-0.2, -0.15) is 0 Å². The molecular formula is C13H16F4N2. The normalized spacial score (nSPS) is 18.5. The van der Waals surface area contributed by atoms with Gasteiger partial charge in [-0.25, -0.2) is 13.2 Å². The van der Waals surface area contributed by atoms with E-state index in [2.05, 4.69) is 5.32 Å². The lowest BCUT2D eigenvalue weighted by atomic mass is 10.0. The molecule has 2 nitrogen and oxygen atoms in total. The Morgan fingerprint density at radius 3 is 2.21 bits per heavy atom. The van der Waals surface area contributed by atoms with Crippen molar-refractivity contribution < 1.29 is 17.6 Å². The van der Waals surface area contributed by atoms with E-state index in [1.54, 1.807) is 0 Å². The number of benzene rings is 1. The van der Waals surface area contributed by atoms with E-state index < -0.39 is 30.2 Å². The van der Waals surface area contributed by atoms with Gasteiger partial charge >= 0.3 is 0 Å². The molecule has 0 spiro atoms. The first-order chi connectivity index (χ1) is 9.13. The first-order valence-electron chi connectivity index (χ1n) is 6.28. The summed E-state index contributed by atoms with van der Waals surface area (Å²) in [5.41, 5.74) is 0.288. The summed E-state index contributed by atoms with van der Waals surface area (Å²) >= 11 is 0. The SMILES string of the molecule is FCC[C@@H](c1cc(F)c(F)c(F)c1)N1CCNCC1. The Morgan fingerprint density at radius 1 is 1.11 bits per heavy atom. The lowest BCUT2D eigenvalue weighted by Gasteiger charge is -2.35. The van der Waals surface area contributed by atoms with E-state index in [0.29, 0.717) is 13.1 Å². The largest absolute Gasteiger partial charge is 0.314 e. The van der Waals surface area contributed by atoms with Gasteiger partial charge in [0.15, 0.2) is 17.5 Å². The van der Waals surface area contributed by atoms with Gasteiger partial charge in [-0.3, -0.25) is 9.29 Å². The molecule has 106 valence electrons. The van der Waals surface area contributed by atoms with Gasteiger partial charge in [0.25, 0.3) is 0 Å². The lowest BCUT2D eigenvalue weighted by molar-refractivity contribution is 0.156. The minimum Gasteiger partial charge on any atom is -0.314 e. The smallest absolute Gasteiger partial charge is 0.194 e. The van der Waals surface area contributed by atoms with E-state index >= 15 is 0 Å². The maximum Gasteiger partial charge on any atom is 0.194 e. The monoisotopic (exact) mass is 276 g/mol. The first kappa shape index (κ1) is 14.3. The maximum absolute atomic E-state index is 13.3. The average Bonchev–Trinajstić information content (AvgIpc) is 2.42. The van der Waals surface area contributed by atoms with Gasteiger partial charge in [-0.15, -0.1) is 0 Å². The van der Waals surface area contributed by atoms with Crippen LogP contribution in [0.25, 0.3) is 0 Å². The molecule has 0 bridgehead atoms. The molecule has 1 fully saturated rings. The summed E-state index contributed by atoms with van der Waals surface area (Å²) < 4.78 is 52.2. The molecule has 1 aromatic carbocycles. The molecule has 1 N–H and O–H groups in total. The van der Waals surface area contributed by atoms with Crippen molar-refractivity contribution in [1.29, 1.82) is 0 Å². The third kappa shape index (κ3) is 3.25. The maximum atomic E-state index is 13.3. The molecule has 1 atom stereocenters. The number of hydrogen-bond donors (Lipinski definition) is 1. The van der Waals surface area contributed by atoms with Crippen LogP contribution in [0.15, 0.2) is 12.1 Å². The third-order valence-electron chi connectivity index (χ3n) is 3.37. The molecule has 19 heavy (non-hydrogen) atoms. The minimum atomic E-state index is -1.48. The topological polar surface area (TPSA) is 15.3 Å².